The summed E-state index contributed by atoms with van der Waals surface area (Å²) in [7, 11) is 0. The first-order chi connectivity index (χ1) is 6.65. The van der Waals surface area contributed by atoms with Crippen LogP contribution in [0.2, 0.25) is 0 Å². The lowest BCUT2D eigenvalue weighted by molar-refractivity contribution is 0.740. The van der Waals surface area contributed by atoms with Crippen molar-refractivity contribution < 1.29 is 0 Å². The van der Waals surface area contributed by atoms with Crippen LogP contribution in [-0.2, 0) is 0 Å². The van der Waals surface area contributed by atoms with Gasteiger partial charge in [-0.05, 0) is 23.5 Å². The summed E-state index contributed by atoms with van der Waals surface area (Å²) in [5, 5.41) is 0. The average Bonchev–Trinajstić information content (AvgIpc) is 2.18. The van der Waals surface area contributed by atoms with Gasteiger partial charge in [0, 0.05) is 6.04 Å². The van der Waals surface area contributed by atoms with Gasteiger partial charge in [-0.1, -0.05) is 44.2 Å². The van der Waals surface area contributed by atoms with Crippen molar-refractivity contribution in [1.82, 2.24) is 0 Å². The van der Waals surface area contributed by atoms with Crippen molar-refractivity contribution in [2.24, 2.45) is 5.73 Å². The summed E-state index contributed by atoms with van der Waals surface area (Å²) in [5.41, 5.74) is 8.51. The van der Waals surface area contributed by atoms with Gasteiger partial charge in [-0.3, -0.25) is 0 Å². The minimum atomic E-state index is 0.0914. The highest BCUT2D eigenvalue weighted by Crippen LogP contribution is 2.19. The molecule has 0 amide bonds. The van der Waals surface area contributed by atoms with E-state index in [-0.39, 0.29) is 6.04 Å². The molecule has 0 aliphatic rings. The van der Waals surface area contributed by atoms with Crippen molar-refractivity contribution in [3.63, 3.8) is 0 Å². The third kappa shape index (κ3) is 2.71. The molecule has 2 N–H and O–H groups in total. The molecule has 0 aromatic heterocycles. The molecule has 0 fully saturated rings. The van der Waals surface area contributed by atoms with E-state index in [1.165, 1.54) is 11.1 Å². The monoisotopic (exact) mass is 189 g/mol. The molecule has 0 radical (unpaired) electrons. The number of rotatable bonds is 4. The highest BCUT2D eigenvalue weighted by atomic mass is 14.6. The molecule has 0 heterocycles. The Bertz CT molecular complexity index is 285. The zero-order valence-electron chi connectivity index (χ0n) is 9.03. The molecular formula is C13H19N. The zero-order chi connectivity index (χ0) is 10.6. The van der Waals surface area contributed by atoms with E-state index in [0.717, 1.165) is 6.42 Å². The van der Waals surface area contributed by atoms with Gasteiger partial charge in [0.1, 0.15) is 0 Å². The molecule has 0 saturated heterocycles. The van der Waals surface area contributed by atoms with Gasteiger partial charge >= 0.3 is 0 Å². The number of hydrogen-bond donors (Lipinski definition) is 1. The summed E-state index contributed by atoms with van der Waals surface area (Å²) in [4.78, 5) is 0. The summed E-state index contributed by atoms with van der Waals surface area (Å²) in [6.45, 7) is 8.08. The highest BCUT2D eigenvalue weighted by Gasteiger charge is 2.04. The number of hydrogen-bond acceptors (Lipinski definition) is 1. The predicted octanol–water partition coefficient (Wildman–Crippen LogP) is 3.39. The molecule has 14 heavy (non-hydrogen) atoms. The van der Waals surface area contributed by atoms with Crippen LogP contribution in [0, 0.1) is 0 Å². The molecule has 1 heteroatoms. The van der Waals surface area contributed by atoms with Gasteiger partial charge in [-0.25, -0.2) is 0 Å². The third-order valence-corrected chi connectivity index (χ3v) is 2.45. The predicted molar refractivity (Wildman–Crippen MR) is 62.3 cm³/mol. The Labute approximate surface area is 86.6 Å². The minimum absolute atomic E-state index is 0.0914. The van der Waals surface area contributed by atoms with E-state index in [2.05, 4.69) is 44.7 Å². The molecule has 0 unspecified atom stereocenters. The fourth-order valence-electron chi connectivity index (χ4n) is 1.44. The van der Waals surface area contributed by atoms with Crippen LogP contribution >= 0.6 is 0 Å². The quantitative estimate of drug-likeness (QED) is 0.722. The van der Waals surface area contributed by atoms with Crippen molar-refractivity contribution >= 4 is 0 Å². The van der Waals surface area contributed by atoms with Crippen LogP contribution in [0.1, 0.15) is 43.4 Å². The Morgan fingerprint density at radius 2 is 1.71 bits per heavy atom. The Morgan fingerprint density at radius 3 is 2.14 bits per heavy atom. The summed E-state index contributed by atoms with van der Waals surface area (Å²) in [6, 6.07) is 8.63. The maximum absolute atomic E-state index is 5.96. The fraction of sp³-hybridized carbons (Fsp3) is 0.385. The molecule has 0 spiro atoms. The molecule has 76 valence electrons. The van der Waals surface area contributed by atoms with E-state index >= 15 is 0 Å². The van der Waals surface area contributed by atoms with Crippen molar-refractivity contribution in [3.8, 4) is 0 Å². The molecular weight excluding hydrogens is 170 g/mol. The van der Waals surface area contributed by atoms with E-state index in [4.69, 9.17) is 5.73 Å². The maximum atomic E-state index is 5.96. The molecule has 1 aromatic carbocycles. The Balaban J connectivity index is 2.77. The number of benzene rings is 1. The van der Waals surface area contributed by atoms with E-state index in [0.29, 0.717) is 5.92 Å². The van der Waals surface area contributed by atoms with Crippen LogP contribution in [0.3, 0.4) is 0 Å². The average molecular weight is 189 g/mol. The lowest BCUT2D eigenvalue weighted by Gasteiger charge is -2.11. The van der Waals surface area contributed by atoms with Gasteiger partial charge in [-0.15, -0.1) is 6.58 Å². The normalized spacial score (nSPS) is 12.9. The zero-order valence-corrected chi connectivity index (χ0v) is 9.03. The Morgan fingerprint density at radius 1 is 1.21 bits per heavy atom. The Hall–Kier alpha value is -1.08. The summed E-state index contributed by atoms with van der Waals surface area (Å²) in [6.07, 6.45) is 2.70. The van der Waals surface area contributed by atoms with Crippen LogP contribution in [0.5, 0.6) is 0 Å². The highest BCUT2D eigenvalue weighted by molar-refractivity contribution is 5.26. The van der Waals surface area contributed by atoms with Gasteiger partial charge in [0.25, 0.3) is 0 Å². The largest absolute Gasteiger partial charge is 0.324 e. The van der Waals surface area contributed by atoms with Gasteiger partial charge in [0.2, 0.25) is 0 Å². The molecule has 1 aromatic rings. The topological polar surface area (TPSA) is 26.0 Å². The second kappa shape index (κ2) is 4.97. The molecule has 0 aliphatic heterocycles. The van der Waals surface area contributed by atoms with Crippen molar-refractivity contribution in [3.05, 3.63) is 48.0 Å². The maximum Gasteiger partial charge on any atom is 0.0329 e. The fourth-order valence-corrected chi connectivity index (χ4v) is 1.44. The second-order valence-electron chi connectivity index (χ2n) is 3.95. The van der Waals surface area contributed by atoms with Gasteiger partial charge in [-0.2, -0.15) is 0 Å². The molecule has 1 atom stereocenters. The van der Waals surface area contributed by atoms with E-state index in [1.807, 2.05) is 6.08 Å². The van der Waals surface area contributed by atoms with Crippen LogP contribution in [-0.4, -0.2) is 0 Å². The molecule has 1 nitrogen and oxygen atoms in total. The van der Waals surface area contributed by atoms with Crippen LogP contribution in [0.25, 0.3) is 0 Å². The van der Waals surface area contributed by atoms with Crippen molar-refractivity contribution in [2.75, 3.05) is 0 Å². The van der Waals surface area contributed by atoms with Crippen LogP contribution in [0.4, 0.5) is 0 Å². The minimum Gasteiger partial charge on any atom is -0.324 e. The standard InChI is InChI=1S/C13H19N/c1-4-5-13(14)12-8-6-11(7-9-12)10(2)3/h4,6-10,13H,1,5,14H2,2-3H3/t13-/m0/s1. The summed E-state index contributed by atoms with van der Waals surface area (Å²) < 4.78 is 0. The molecule has 0 saturated carbocycles. The van der Waals surface area contributed by atoms with Crippen molar-refractivity contribution in [2.45, 2.75) is 32.2 Å². The first kappa shape index (κ1) is 11.0. The van der Waals surface area contributed by atoms with E-state index in [1.54, 1.807) is 0 Å². The third-order valence-electron chi connectivity index (χ3n) is 2.45. The first-order valence-corrected chi connectivity index (χ1v) is 5.11. The van der Waals surface area contributed by atoms with Crippen LogP contribution < -0.4 is 5.73 Å². The van der Waals surface area contributed by atoms with Crippen LogP contribution in [0.15, 0.2) is 36.9 Å². The van der Waals surface area contributed by atoms with Crippen molar-refractivity contribution in [1.29, 1.82) is 0 Å². The van der Waals surface area contributed by atoms with Gasteiger partial charge in [0.15, 0.2) is 0 Å². The van der Waals surface area contributed by atoms with E-state index < -0.39 is 0 Å². The van der Waals surface area contributed by atoms with Gasteiger partial charge < -0.3 is 5.73 Å². The molecule has 1 rings (SSSR count). The van der Waals surface area contributed by atoms with E-state index in [9.17, 15) is 0 Å². The van der Waals surface area contributed by atoms with Gasteiger partial charge in [0.05, 0.1) is 0 Å². The smallest absolute Gasteiger partial charge is 0.0329 e. The lowest BCUT2D eigenvalue weighted by atomic mass is 9.98. The second-order valence-corrected chi connectivity index (χ2v) is 3.95. The summed E-state index contributed by atoms with van der Waals surface area (Å²) >= 11 is 0. The Kier molecular flexibility index (Phi) is 3.90. The SMILES string of the molecule is C=CC[C@H](N)c1ccc(C(C)C)cc1. The molecule has 0 aliphatic carbocycles. The lowest BCUT2D eigenvalue weighted by Crippen LogP contribution is -2.08. The number of nitrogens with two attached hydrogens (primary N) is 1. The molecule has 0 bridgehead atoms. The summed E-state index contributed by atoms with van der Waals surface area (Å²) in [5.74, 6) is 0.583. The first-order valence-electron chi connectivity index (χ1n) is 5.11.